The topological polar surface area (TPSA) is 34.1 Å². The molecule has 0 aliphatic heterocycles. The molecule has 0 fully saturated rings. The van der Waals surface area contributed by atoms with E-state index in [1.54, 1.807) is 7.11 Å². The minimum absolute atomic E-state index is 0.767. The first-order chi connectivity index (χ1) is 9.36. The van der Waals surface area contributed by atoms with E-state index >= 15 is 0 Å². The van der Waals surface area contributed by atoms with Crippen LogP contribution in [-0.4, -0.2) is 11.5 Å². The number of anilines is 1. The number of nitrogens with one attached hydrogen (secondary N) is 1. The molecular formula is C15H14N2OS. The quantitative estimate of drug-likeness (QED) is 0.780. The fraction of sp³-hybridized carbons (Fsp3) is 0.133. The van der Waals surface area contributed by atoms with E-state index in [9.17, 15) is 0 Å². The summed E-state index contributed by atoms with van der Waals surface area (Å²) in [6, 6.07) is 16.2. The maximum atomic E-state index is 5.22. The van der Waals surface area contributed by atoms with Crippen LogP contribution in [0.5, 0.6) is 5.75 Å². The zero-order valence-corrected chi connectivity index (χ0v) is 11.4. The van der Waals surface area contributed by atoms with E-state index in [0.29, 0.717) is 0 Å². The fourth-order valence-corrected chi connectivity index (χ4v) is 2.74. The summed E-state index contributed by atoms with van der Waals surface area (Å²) in [5, 5.41) is 5.72. The number of benzene rings is 2. The highest BCUT2D eigenvalue weighted by molar-refractivity contribution is 7.11. The van der Waals surface area contributed by atoms with Crippen LogP contribution in [0.4, 0.5) is 5.00 Å². The van der Waals surface area contributed by atoms with E-state index in [0.717, 1.165) is 22.8 Å². The summed E-state index contributed by atoms with van der Waals surface area (Å²) in [5.41, 5.74) is 2.23. The summed E-state index contributed by atoms with van der Waals surface area (Å²) >= 11 is 1.50. The molecule has 0 saturated heterocycles. The van der Waals surface area contributed by atoms with Crippen molar-refractivity contribution in [3.05, 3.63) is 54.1 Å². The highest BCUT2D eigenvalue weighted by Crippen LogP contribution is 2.27. The van der Waals surface area contributed by atoms with Gasteiger partial charge in [-0.2, -0.15) is 4.37 Å². The lowest BCUT2D eigenvalue weighted by Crippen LogP contribution is -1.98. The fourth-order valence-electron chi connectivity index (χ4n) is 1.98. The molecule has 3 nitrogen and oxygen atoms in total. The second-order valence-electron chi connectivity index (χ2n) is 4.23. The summed E-state index contributed by atoms with van der Waals surface area (Å²) in [4.78, 5) is 0. The lowest BCUT2D eigenvalue weighted by Gasteiger charge is -2.06. The highest BCUT2D eigenvalue weighted by Gasteiger charge is 2.04. The van der Waals surface area contributed by atoms with E-state index in [4.69, 9.17) is 4.74 Å². The van der Waals surface area contributed by atoms with Gasteiger partial charge in [0.25, 0.3) is 0 Å². The van der Waals surface area contributed by atoms with Crippen LogP contribution < -0.4 is 10.1 Å². The van der Waals surface area contributed by atoms with Gasteiger partial charge in [0, 0.05) is 11.9 Å². The molecular weight excluding hydrogens is 256 g/mol. The van der Waals surface area contributed by atoms with Crippen LogP contribution in [0.1, 0.15) is 5.56 Å². The molecule has 1 N–H and O–H groups in total. The van der Waals surface area contributed by atoms with Gasteiger partial charge in [-0.1, -0.05) is 24.3 Å². The predicted molar refractivity (Wildman–Crippen MR) is 79.9 cm³/mol. The lowest BCUT2D eigenvalue weighted by atomic mass is 10.2. The third-order valence-electron chi connectivity index (χ3n) is 2.97. The molecule has 1 heterocycles. The average molecular weight is 270 g/mol. The van der Waals surface area contributed by atoms with Gasteiger partial charge in [-0.15, -0.1) is 0 Å². The summed E-state index contributed by atoms with van der Waals surface area (Å²) in [6.45, 7) is 0.767. The molecule has 0 unspecified atom stereocenters. The second-order valence-corrected chi connectivity index (χ2v) is 5.01. The zero-order valence-electron chi connectivity index (χ0n) is 10.6. The van der Waals surface area contributed by atoms with Gasteiger partial charge in [-0.05, 0) is 41.4 Å². The molecule has 0 aliphatic carbocycles. The molecule has 96 valence electrons. The van der Waals surface area contributed by atoms with Gasteiger partial charge < -0.3 is 10.1 Å². The van der Waals surface area contributed by atoms with Crippen LogP contribution in [-0.2, 0) is 6.54 Å². The molecule has 0 spiro atoms. The second kappa shape index (κ2) is 5.28. The normalized spacial score (nSPS) is 10.6. The number of hydrogen-bond donors (Lipinski definition) is 1. The smallest absolute Gasteiger partial charge is 0.119 e. The Morgan fingerprint density at radius 3 is 2.95 bits per heavy atom. The summed E-state index contributed by atoms with van der Waals surface area (Å²) < 4.78 is 9.64. The van der Waals surface area contributed by atoms with E-state index in [1.165, 1.54) is 22.5 Å². The van der Waals surface area contributed by atoms with E-state index in [1.807, 2.05) is 36.4 Å². The minimum Gasteiger partial charge on any atom is -0.497 e. The van der Waals surface area contributed by atoms with Crippen molar-refractivity contribution in [3.8, 4) is 5.75 Å². The Labute approximate surface area is 116 Å². The molecule has 0 atom stereocenters. The Morgan fingerprint density at radius 1 is 1.16 bits per heavy atom. The molecule has 0 radical (unpaired) electrons. The van der Waals surface area contributed by atoms with Crippen molar-refractivity contribution in [3.63, 3.8) is 0 Å². The zero-order chi connectivity index (χ0) is 13.1. The van der Waals surface area contributed by atoms with Gasteiger partial charge in [-0.25, -0.2) is 0 Å². The van der Waals surface area contributed by atoms with Gasteiger partial charge in [0.2, 0.25) is 0 Å². The number of aromatic nitrogens is 1. The van der Waals surface area contributed by atoms with Crippen LogP contribution >= 0.6 is 11.5 Å². The number of ether oxygens (including phenoxy) is 1. The van der Waals surface area contributed by atoms with Crippen molar-refractivity contribution >= 4 is 27.4 Å². The van der Waals surface area contributed by atoms with Crippen LogP contribution in [0.3, 0.4) is 0 Å². The molecule has 2 aromatic carbocycles. The Bertz CT molecular complexity index is 693. The van der Waals surface area contributed by atoms with Crippen LogP contribution in [0, 0.1) is 0 Å². The average Bonchev–Trinajstić information content (AvgIpc) is 2.89. The SMILES string of the molecule is COc1cccc(CNc2snc3ccccc23)c1. The molecule has 0 aliphatic rings. The third kappa shape index (κ3) is 2.53. The molecule has 3 rings (SSSR count). The van der Waals surface area contributed by atoms with Gasteiger partial charge >= 0.3 is 0 Å². The van der Waals surface area contributed by atoms with Crippen LogP contribution in [0.25, 0.3) is 10.9 Å². The Hall–Kier alpha value is -2.07. The first-order valence-corrected chi connectivity index (χ1v) is 6.85. The van der Waals surface area contributed by atoms with Crippen molar-refractivity contribution in [1.29, 1.82) is 0 Å². The van der Waals surface area contributed by atoms with E-state index < -0.39 is 0 Å². The third-order valence-corrected chi connectivity index (χ3v) is 3.81. The standard InChI is InChI=1S/C15H14N2OS/c1-18-12-6-4-5-11(9-12)10-16-15-13-7-2-3-8-14(13)17-19-15/h2-9,16H,10H2,1H3. The van der Waals surface area contributed by atoms with E-state index in [-0.39, 0.29) is 0 Å². The van der Waals surface area contributed by atoms with Crippen molar-refractivity contribution < 1.29 is 4.74 Å². The van der Waals surface area contributed by atoms with Gasteiger partial charge in [0.05, 0.1) is 12.6 Å². The Kier molecular flexibility index (Phi) is 3.33. The number of methoxy groups -OCH3 is 1. The first-order valence-electron chi connectivity index (χ1n) is 6.08. The molecule has 0 saturated carbocycles. The maximum Gasteiger partial charge on any atom is 0.119 e. The van der Waals surface area contributed by atoms with Gasteiger partial charge in [-0.3, -0.25) is 0 Å². The number of fused-ring (bicyclic) bond motifs is 1. The first kappa shape index (κ1) is 12.0. The summed E-state index contributed by atoms with van der Waals surface area (Å²) in [5.74, 6) is 0.883. The van der Waals surface area contributed by atoms with Crippen molar-refractivity contribution in [2.75, 3.05) is 12.4 Å². The molecule has 0 bridgehead atoms. The molecule has 4 heteroatoms. The molecule has 19 heavy (non-hydrogen) atoms. The van der Waals surface area contributed by atoms with Crippen LogP contribution in [0.15, 0.2) is 48.5 Å². The van der Waals surface area contributed by atoms with Gasteiger partial charge in [0.1, 0.15) is 10.8 Å². The minimum atomic E-state index is 0.767. The highest BCUT2D eigenvalue weighted by atomic mass is 32.1. The van der Waals surface area contributed by atoms with Crippen molar-refractivity contribution in [1.82, 2.24) is 4.37 Å². The molecule has 0 amide bonds. The number of hydrogen-bond acceptors (Lipinski definition) is 4. The van der Waals surface area contributed by atoms with E-state index in [2.05, 4.69) is 21.8 Å². The summed E-state index contributed by atoms with van der Waals surface area (Å²) in [7, 11) is 1.68. The molecule has 1 aromatic heterocycles. The van der Waals surface area contributed by atoms with Crippen molar-refractivity contribution in [2.24, 2.45) is 0 Å². The molecule has 3 aromatic rings. The number of nitrogens with zero attached hydrogens (tertiary/aromatic N) is 1. The maximum absolute atomic E-state index is 5.22. The monoisotopic (exact) mass is 270 g/mol. The number of rotatable bonds is 4. The summed E-state index contributed by atoms with van der Waals surface area (Å²) in [6.07, 6.45) is 0. The lowest BCUT2D eigenvalue weighted by molar-refractivity contribution is 0.414. The predicted octanol–water partition coefficient (Wildman–Crippen LogP) is 3.92. The van der Waals surface area contributed by atoms with Crippen molar-refractivity contribution in [2.45, 2.75) is 6.54 Å². The Balaban J connectivity index is 1.78. The largest absolute Gasteiger partial charge is 0.497 e. The van der Waals surface area contributed by atoms with Crippen LogP contribution in [0.2, 0.25) is 0 Å². The van der Waals surface area contributed by atoms with Gasteiger partial charge in [0.15, 0.2) is 0 Å². The Morgan fingerprint density at radius 2 is 2.05 bits per heavy atom.